The van der Waals surface area contributed by atoms with Crippen molar-refractivity contribution in [3.8, 4) is 0 Å². The molecule has 9 heavy (non-hydrogen) atoms. The van der Waals surface area contributed by atoms with Crippen LogP contribution in [-0.2, 0) is 0 Å². The van der Waals surface area contributed by atoms with E-state index in [4.69, 9.17) is 0 Å². The van der Waals surface area contributed by atoms with E-state index in [-0.39, 0.29) is 6.10 Å². The third-order valence-electron chi connectivity index (χ3n) is 3.31. The minimum absolute atomic E-state index is 0.0370. The van der Waals surface area contributed by atoms with E-state index in [1.54, 1.807) is 0 Å². The van der Waals surface area contributed by atoms with Crippen molar-refractivity contribution in [2.75, 3.05) is 0 Å². The molecule has 2 fully saturated rings. The molecule has 52 valence electrons. The number of aliphatic hydroxyl groups excluding tert-OH is 1. The van der Waals surface area contributed by atoms with E-state index >= 15 is 0 Å². The van der Waals surface area contributed by atoms with E-state index in [2.05, 4.69) is 0 Å². The maximum Gasteiger partial charge on any atom is 0.0571 e. The lowest BCUT2D eigenvalue weighted by Crippen LogP contribution is -2.16. The van der Waals surface area contributed by atoms with Crippen molar-refractivity contribution in [1.29, 1.82) is 0 Å². The monoisotopic (exact) mass is 126 g/mol. The third kappa shape index (κ3) is 0.586. The van der Waals surface area contributed by atoms with E-state index in [1.165, 1.54) is 25.7 Å². The summed E-state index contributed by atoms with van der Waals surface area (Å²) < 4.78 is 0. The summed E-state index contributed by atoms with van der Waals surface area (Å²) >= 11 is 0. The molecule has 0 aliphatic heterocycles. The van der Waals surface area contributed by atoms with Crippen LogP contribution in [0.25, 0.3) is 0 Å². The minimum Gasteiger partial charge on any atom is -0.393 e. The lowest BCUT2D eigenvalue weighted by Gasteiger charge is -2.14. The average molecular weight is 126 g/mol. The Hall–Kier alpha value is -0.0400. The van der Waals surface area contributed by atoms with Gasteiger partial charge in [-0.25, -0.2) is 0 Å². The quantitative estimate of drug-likeness (QED) is 0.565. The number of fused-ring (bicyclic) bond motifs is 1. The molecule has 0 aromatic rings. The van der Waals surface area contributed by atoms with Crippen LogP contribution in [-0.4, -0.2) is 11.2 Å². The molecule has 2 aliphatic rings. The second kappa shape index (κ2) is 1.51. The third-order valence-corrected chi connectivity index (χ3v) is 3.31. The molecular formula is C8H14O. The lowest BCUT2D eigenvalue weighted by molar-refractivity contribution is 0.106. The molecule has 0 saturated heterocycles. The molecule has 1 N–H and O–H groups in total. The highest BCUT2D eigenvalue weighted by atomic mass is 16.3. The molecule has 0 radical (unpaired) electrons. The molecule has 3 atom stereocenters. The maximum absolute atomic E-state index is 9.35. The number of aliphatic hydroxyl groups is 1. The van der Waals surface area contributed by atoms with Gasteiger partial charge in [-0.15, -0.1) is 0 Å². The van der Waals surface area contributed by atoms with Gasteiger partial charge in [0, 0.05) is 0 Å². The molecule has 0 spiro atoms. The molecule has 0 unspecified atom stereocenters. The van der Waals surface area contributed by atoms with Crippen molar-refractivity contribution in [1.82, 2.24) is 0 Å². The van der Waals surface area contributed by atoms with Gasteiger partial charge in [-0.1, -0.05) is 6.42 Å². The smallest absolute Gasteiger partial charge is 0.0571 e. The predicted molar refractivity (Wildman–Crippen MR) is 36.1 cm³/mol. The average Bonchev–Trinajstić information content (AvgIpc) is 2.38. The second-order valence-corrected chi connectivity index (χ2v) is 3.70. The maximum atomic E-state index is 9.35. The second-order valence-electron chi connectivity index (χ2n) is 3.70. The van der Waals surface area contributed by atoms with E-state index in [0.717, 1.165) is 5.92 Å². The van der Waals surface area contributed by atoms with Crippen molar-refractivity contribution in [3.63, 3.8) is 0 Å². The minimum atomic E-state index is -0.0370. The number of rotatable bonds is 1. The molecular weight excluding hydrogens is 112 g/mol. The fraction of sp³-hybridized carbons (Fsp3) is 1.00. The van der Waals surface area contributed by atoms with Gasteiger partial charge in [-0.2, -0.15) is 0 Å². The first-order valence-corrected chi connectivity index (χ1v) is 3.94. The molecule has 1 heteroatoms. The van der Waals surface area contributed by atoms with Gasteiger partial charge in [0.1, 0.15) is 0 Å². The molecule has 0 heterocycles. The van der Waals surface area contributed by atoms with E-state index in [9.17, 15) is 5.11 Å². The highest BCUT2D eigenvalue weighted by Gasteiger charge is 2.59. The van der Waals surface area contributed by atoms with E-state index < -0.39 is 0 Å². The summed E-state index contributed by atoms with van der Waals surface area (Å²) in [4.78, 5) is 0. The summed E-state index contributed by atoms with van der Waals surface area (Å²) in [5.41, 5.74) is 0.417. The summed E-state index contributed by atoms with van der Waals surface area (Å²) in [5, 5.41) is 9.35. The van der Waals surface area contributed by atoms with Crippen LogP contribution < -0.4 is 0 Å². The Bertz CT molecular complexity index is 127. The lowest BCUT2D eigenvalue weighted by atomic mass is 9.98. The van der Waals surface area contributed by atoms with Crippen molar-refractivity contribution in [3.05, 3.63) is 0 Å². The van der Waals surface area contributed by atoms with E-state index in [0.29, 0.717) is 5.41 Å². The van der Waals surface area contributed by atoms with Crippen molar-refractivity contribution >= 4 is 0 Å². The van der Waals surface area contributed by atoms with Gasteiger partial charge in [-0.05, 0) is 37.5 Å². The van der Waals surface area contributed by atoms with Crippen LogP contribution in [0.5, 0.6) is 0 Å². The summed E-state index contributed by atoms with van der Waals surface area (Å²) in [5.74, 6) is 0.900. The van der Waals surface area contributed by atoms with Gasteiger partial charge in [0.05, 0.1) is 6.10 Å². The van der Waals surface area contributed by atoms with Crippen molar-refractivity contribution in [2.45, 2.75) is 38.7 Å². The Morgan fingerprint density at radius 1 is 1.67 bits per heavy atom. The fourth-order valence-corrected chi connectivity index (χ4v) is 2.49. The van der Waals surface area contributed by atoms with Crippen LogP contribution in [0.2, 0.25) is 0 Å². The van der Waals surface area contributed by atoms with Gasteiger partial charge >= 0.3 is 0 Å². The van der Waals surface area contributed by atoms with Crippen molar-refractivity contribution in [2.24, 2.45) is 11.3 Å². The van der Waals surface area contributed by atoms with Crippen LogP contribution in [0.3, 0.4) is 0 Å². The zero-order chi connectivity index (χ0) is 6.48. The predicted octanol–water partition coefficient (Wildman–Crippen LogP) is 1.56. The molecule has 0 aromatic carbocycles. The van der Waals surface area contributed by atoms with Crippen LogP contribution in [0.4, 0.5) is 0 Å². The standard InChI is InChI=1S/C8H14O/c1-6(9)8-4-2-3-7(8)5-8/h6-7,9H,2-5H2,1H3/t6-,7-,8+/m1/s1. The fourth-order valence-electron chi connectivity index (χ4n) is 2.49. The first kappa shape index (κ1) is 5.72. The van der Waals surface area contributed by atoms with Gasteiger partial charge in [0.15, 0.2) is 0 Å². The normalized spacial score (nSPS) is 50.7. The van der Waals surface area contributed by atoms with Crippen LogP contribution >= 0.6 is 0 Å². The Labute approximate surface area is 56.1 Å². The SMILES string of the molecule is C[C@@H](O)[C@@]12CCC[C@@H]1C2. The summed E-state index contributed by atoms with van der Waals surface area (Å²) in [6, 6.07) is 0. The van der Waals surface area contributed by atoms with Gasteiger partial charge < -0.3 is 5.11 Å². The first-order valence-electron chi connectivity index (χ1n) is 3.94. The highest BCUT2D eigenvalue weighted by molar-refractivity contribution is 5.08. The Kier molecular flexibility index (Phi) is 0.963. The van der Waals surface area contributed by atoms with Gasteiger partial charge in [0.2, 0.25) is 0 Å². The van der Waals surface area contributed by atoms with E-state index in [1.807, 2.05) is 6.92 Å². The van der Waals surface area contributed by atoms with Crippen LogP contribution in [0.15, 0.2) is 0 Å². The first-order chi connectivity index (χ1) is 4.26. The summed E-state index contributed by atoms with van der Waals surface area (Å²) in [6.07, 6.45) is 5.30. The molecule has 0 aromatic heterocycles. The molecule has 2 saturated carbocycles. The molecule has 0 bridgehead atoms. The van der Waals surface area contributed by atoms with Crippen LogP contribution in [0, 0.1) is 11.3 Å². The Balaban J connectivity index is 2.10. The highest BCUT2D eigenvalue weighted by Crippen LogP contribution is 2.65. The largest absolute Gasteiger partial charge is 0.393 e. The summed E-state index contributed by atoms with van der Waals surface area (Å²) in [6.45, 7) is 1.95. The Morgan fingerprint density at radius 3 is 2.67 bits per heavy atom. The Morgan fingerprint density at radius 2 is 2.44 bits per heavy atom. The molecule has 2 aliphatic carbocycles. The zero-order valence-electron chi connectivity index (χ0n) is 5.93. The topological polar surface area (TPSA) is 20.2 Å². The zero-order valence-corrected chi connectivity index (χ0v) is 5.93. The number of hydrogen-bond donors (Lipinski definition) is 1. The molecule has 1 nitrogen and oxygen atoms in total. The van der Waals surface area contributed by atoms with Crippen LogP contribution in [0.1, 0.15) is 32.6 Å². The molecule has 2 rings (SSSR count). The summed E-state index contributed by atoms with van der Waals surface area (Å²) in [7, 11) is 0. The number of hydrogen-bond acceptors (Lipinski definition) is 1. The van der Waals surface area contributed by atoms with Gasteiger partial charge in [-0.3, -0.25) is 0 Å². The molecule has 0 amide bonds. The van der Waals surface area contributed by atoms with Gasteiger partial charge in [0.25, 0.3) is 0 Å². The van der Waals surface area contributed by atoms with Crippen molar-refractivity contribution < 1.29 is 5.11 Å².